The van der Waals surface area contributed by atoms with Gasteiger partial charge in [0, 0.05) is 5.39 Å². The molecule has 0 amide bonds. The van der Waals surface area contributed by atoms with Crippen molar-refractivity contribution in [2.24, 2.45) is 0 Å². The molecular weight excluding hydrogens is 306 g/mol. The van der Waals surface area contributed by atoms with Crippen LogP contribution in [0, 0.1) is 6.92 Å². The molecule has 0 N–H and O–H groups in total. The SMILES string of the molecule is Cc1oc(=O)oc1CN1c2cccc3cccc(c23)S1(=O)=O. The first kappa shape index (κ1) is 13.1. The summed E-state index contributed by atoms with van der Waals surface area (Å²) < 4.78 is 36.5. The number of sulfonamides is 1. The minimum absolute atomic E-state index is 0.0757. The number of hydrogen-bond donors (Lipinski definition) is 0. The highest BCUT2D eigenvalue weighted by Crippen LogP contribution is 2.42. The van der Waals surface area contributed by atoms with Crippen molar-refractivity contribution in [3.63, 3.8) is 0 Å². The molecule has 0 aliphatic carbocycles. The van der Waals surface area contributed by atoms with E-state index in [0.29, 0.717) is 11.1 Å². The number of hydrogen-bond acceptors (Lipinski definition) is 5. The molecule has 6 nitrogen and oxygen atoms in total. The number of rotatable bonds is 2. The zero-order chi connectivity index (χ0) is 15.5. The second-order valence-electron chi connectivity index (χ2n) is 5.08. The van der Waals surface area contributed by atoms with Crippen molar-refractivity contribution in [3.05, 3.63) is 58.5 Å². The van der Waals surface area contributed by atoms with Gasteiger partial charge in [-0.15, -0.1) is 0 Å². The molecule has 112 valence electrons. The summed E-state index contributed by atoms with van der Waals surface area (Å²) in [6, 6.07) is 10.6. The predicted molar refractivity (Wildman–Crippen MR) is 79.3 cm³/mol. The summed E-state index contributed by atoms with van der Waals surface area (Å²) in [5, 5.41) is 1.54. The molecule has 1 aliphatic heterocycles. The fourth-order valence-corrected chi connectivity index (χ4v) is 4.44. The first-order valence-corrected chi connectivity index (χ1v) is 8.06. The molecular formula is C15H11NO5S. The topological polar surface area (TPSA) is 80.7 Å². The molecule has 2 aromatic carbocycles. The highest BCUT2D eigenvalue weighted by Gasteiger charge is 2.36. The van der Waals surface area contributed by atoms with Gasteiger partial charge in [-0.25, -0.2) is 13.2 Å². The van der Waals surface area contributed by atoms with Crippen LogP contribution in [0.25, 0.3) is 10.8 Å². The molecule has 0 saturated heterocycles. The van der Waals surface area contributed by atoms with Crippen molar-refractivity contribution in [2.45, 2.75) is 18.4 Å². The first-order valence-electron chi connectivity index (χ1n) is 6.62. The second kappa shape index (κ2) is 4.23. The summed E-state index contributed by atoms with van der Waals surface area (Å²) in [4.78, 5) is 11.4. The van der Waals surface area contributed by atoms with Crippen molar-refractivity contribution in [1.82, 2.24) is 0 Å². The molecule has 0 unspecified atom stereocenters. The van der Waals surface area contributed by atoms with Gasteiger partial charge in [-0.1, -0.05) is 24.3 Å². The van der Waals surface area contributed by atoms with Gasteiger partial charge in [0.25, 0.3) is 10.0 Å². The fraction of sp³-hybridized carbons (Fsp3) is 0.133. The van der Waals surface area contributed by atoms with E-state index >= 15 is 0 Å². The lowest BCUT2D eigenvalue weighted by atomic mass is 10.1. The Morgan fingerprint density at radius 2 is 1.82 bits per heavy atom. The molecule has 0 bridgehead atoms. The second-order valence-corrected chi connectivity index (χ2v) is 6.91. The van der Waals surface area contributed by atoms with Gasteiger partial charge in [-0.3, -0.25) is 4.31 Å². The number of benzene rings is 2. The molecule has 0 fully saturated rings. The summed E-state index contributed by atoms with van der Waals surface area (Å²) in [7, 11) is -3.67. The normalized spacial score (nSPS) is 15.6. The van der Waals surface area contributed by atoms with E-state index in [4.69, 9.17) is 8.83 Å². The summed E-state index contributed by atoms with van der Waals surface area (Å²) in [6.45, 7) is 1.49. The van der Waals surface area contributed by atoms with Crippen molar-refractivity contribution in [2.75, 3.05) is 4.31 Å². The Kier molecular flexibility index (Phi) is 2.53. The van der Waals surface area contributed by atoms with Crippen molar-refractivity contribution < 1.29 is 17.3 Å². The monoisotopic (exact) mass is 317 g/mol. The molecule has 22 heavy (non-hydrogen) atoms. The van der Waals surface area contributed by atoms with E-state index in [1.54, 1.807) is 31.2 Å². The maximum atomic E-state index is 12.8. The van der Waals surface area contributed by atoms with Gasteiger partial charge in [0.1, 0.15) is 5.76 Å². The number of anilines is 1. The van der Waals surface area contributed by atoms with E-state index in [9.17, 15) is 13.2 Å². The average Bonchev–Trinajstić information content (AvgIpc) is 2.91. The van der Waals surface area contributed by atoms with E-state index in [1.165, 1.54) is 4.31 Å². The molecule has 7 heteroatoms. The van der Waals surface area contributed by atoms with Crippen LogP contribution < -0.4 is 10.1 Å². The Balaban J connectivity index is 1.94. The van der Waals surface area contributed by atoms with Crippen molar-refractivity contribution in [3.8, 4) is 0 Å². The minimum Gasteiger partial charge on any atom is -0.396 e. The Labute approximate surface area is 125 Å². The third-order valence-electron chi connectivity index (χ3n) is 3.80. The molecule has 3 aromatic rings. The summed E-state index contributed by atoms with van der Waals surface area (Å²) in [5.74, 6) is -0.346. The van der Waals surface area contributed by atoms with Crippen LogP contribution in [0.1, 0.15) is 11.5 Å². The van der Waals surface area contributed by atoms with E-state index < -0.39 is 15.8 Å². The van der Waals surface area contributed by atoms with Gasteiger partial charge in [0.05, 0.1) is 17.1 Å². The Morgan fingerprint density at radius 1 is 1.09 bits per heavy atom. The van der Waals surface area contributed by atoms with Crippen LogP contribution in [0.2, 0.25) is 0 Å². The maximum Gasteiger partial charge on any atom is 0.519 e. The Bertz CT molecular complexity index is 1060. The predicted octanol–water partition coefficient (Wildman–Crippen LogP) is 2.40. The number of aryl methyl sites for hydroxylation is 1. The molecule has 0 saturated carbocycles. The molecule has 0 atom stereocenters. The zero-order valence-corrected chi connectivity index (χ0v) is 12.4. The molecule has 0 radical (unpaired) electrons. The third-order valence-corrected chi connectivity index (χ3v) is 5.61. The van der Waals surface area contributed by atoms with Crippen LogP contribution in [-0.2, 0) is 16.6 Å². The van der Waals surface area contributed by atoms with Gasteiger partial charge < -0.3 is 8.83 Å². The van der Waals surface area contributed by atoms with E-state index in [0.717, 1.165) is 5.39 Å². The maximum absolute atomic E-state index is 12.8. The van der Waals surface area contributed by atoms with Gasteiger partial charge in [-0.2, -0.15) is 0 Å². The third kappa shape index (κ3) is 1.66. The van der Waals surface area contributed by atoms with Gasteiger partial charge in [-0.05, 0) is 24.4 Å². The van der Waals surface area contributed by atoms with Crippen LogP contribution in [0.15, 0.2) is 54.9 Å². The standard InChI is InChI=1S/C15H11NO5S/c1-9-12(21-15(17)20-9)8-16-11-6-2-4-10-5-3-7-13(14(10)11)22(16,18)19/h2-7H,8H2,1H3. The van der Waals surface area contributed by atoms with Crippen molar-refractivity contribution in [1.29, 1.82) is 0 Å². The first-order chi connectivity index (χ1) is 10.5. The number of nitrogens with zero attached hydrogens (tertiary/aromatic N) is 1. The molecule has 2 heterocycles. The summed E-state index contributed by atoms with van der Waals surface area (Å²) in [6.07, 6.45) is 0. The minimum atomic E-state index is -3.67. The summed E-state index contributed by atoms with van der Waals surface area (Å²) >= 11 is 0. The van der Waals surface area contributed by atoms with Gasteiger partial charge in [0.2, 0.25) is 0 Å². The lowest BCUT2D eigenvalue weighted by molar-refractivity contribution is 0.369. The Morgan fingerprint density at radius 3 is 2.50 bits per heavy atom. The van der Waals surface area contributed by atoms with E-state index in [1.807, 2.05) is 12.1 Å². The highest BCUT2D eigenvalue weighted by molar-refractivity contribution is 7.93. The van der Waals surface area contributed by atoms with E-state index in [2.05, 4.69) is 0 Å². The lowest BCUT2D eigenvalue weighted by Crippen LogP contribution is -2.26. The largest absolute Gasteiger partial charge is 0.519 e. The zero-order valence-electron chi connectivity index (χ0n) is 11.6. The highest BCUT2D eigenvalue weighted by atomic mass is 32.2. The molecule has 1 aromatic heterocycles. The summed E-state index contributed by atoms with van der Waals surface area (Å²) in [5.41, 5.74) is 0.580. The Hall–Kier alpha value is -2.54. The van der Waals surface area contributed by atoms with Crippen LogP contribution >= 0.6 is 0 Å². The van der Waals surface area contributed by atoms with Crippen molar-refractivity contribution >= 4 is 26.5 Å². The van der Waals surface area contributed by atoms with Crippen LogP contribution in [-0.4, -0.2) is 8.42 Å². The van der Waals surface area contributed by atoms with Crippen LogP contribution in [0.3, 0.4) is 0 Å². The van der Waals surface area contributed by atoms with E-state index in [-0.39, 0.29) is 23.0 Å². The smallest absolute Gasteiger partial charge is 0.396 e. The molecule has 0 spiro atoms. The van der Waals surface area contributed by atoms with Gasteiger partial charge >= 0.3 is 5.82 Å². The van der Waals surface area contributed by atoms with Crippen LogP contribution in [0.4, 0.5) is 5.69 Å². The fourth-order valence-electron chi connectivity index (χ4n) is 2.78. The lowest BCUT2D eigenvalue weighted by Gasteiger charge is -2.17. The quantitative estimate of drug-likeness (QED) is 0.725. The average molecular weight is 317 g/mol. The van der Waals surface area contributed by atoms with Crippen LogP contribution in [0.5, 0.6) is 0 Å². The molecule has 1 aliphatic rings. The van der Waals surface area contributed by atoms with Gasteiger partial charge in [0.15, 0.2) is 5.76 Å². The molecule has 4 rings (SSSR count).